The van der Waals surface area contributed by atoms with Crippen LogP contribution in [0.2, 0.25) is 0 Å². The van der Waals surface area contributed by atoms with Crippen LogP contribution in [-0.2, 0) is 0 Å². The highest BCUT2D eigenvalue weighted by atomic mass is 35.5. The van der Waals surface area contributed by atoms with Crippen LogP contribution in [0.25, 0.3) is 0 Å². The lowest BCUT2D eigenvalue weighted by Gasteiger charge is -1.88. The van der Waals surface area contributed by atoms with Crippen molar-refractivity contribution in [2.75, 3.05) is 0 Å². The normalized spacial score (nSPS) is 8.12. The zero-order valence-corrected chi connectivity index (χ0v) is 5.92. The minimum Gasteiger partial charge on any atom is -0.101 e. The summed E-state index contributed by atoms with van der Waals surface area (Å²) in [6.45, 7) is 3.91. The number of allylic oxidation sites excluding steroid dienone is 2. The third kappa shape index (κ3) is 9.97. The molecule has 0 saturated carbocycles. The number of hydrogen-bond donors (Lipinski definition) is 0. The van der Waals surface area contributed by atoms with E-state index in [4.69, 9.17) is 23.2 Å². The van der Waals surface area contributed by atoms with Gasteiger partial charge in [-0.25, -0.2) is 0 Å². The van der Waals surface area contributed by atoms with E-state index >= 15 is 0 Å². The first-order valence-corrected chi connectivity index (χ1v) is 2.93. The van der Waals surface area contributed by atoms with E-state index in [1.54, 1.807) is 6.08 Å². The predicted octanol–water partition coefficient (Wildman–Crippen LogP) is 1.57. The van der Waals surface area contributed by atoms with Crippen molar-refractivity contribution >= 4 is 40.6 Å². The summed E-state index contributed by atoms with van der Waals surface area (Å²) in [6, 6.07) is 0. The van der Waals surface area contributed by atoms with Crippen LogP contribution >= 0.6 is 23.2 Å². The maximum absolute atomic E-state index is 5.36. The second-order valence-corrected chi connectivity index (χ2v) is 2.74. The number of hydrogen-bond acceptors (Lipinski definition) is 0. The Balaban J connectivity index is 0. The van der Waals surface area contributed by atoms with E-state index < -0.39 is 0 Å². The van der Waals surface area contributed by atoms with Crippen molar-refractivity contribution in [1.82, 2.24) is 0 Å². The van der Waals surface area contributed by atoms with Crippen molar-refractivity contribution in [3.05, 3.63) is 11.6 Å². The van der Waals surface area contributed by atoms with E-state index in [1.165, 1.54) is 0 Å². The molecule has 0 nitrogen and oxygen atoms in total. The molecule has 0 fully saturated rings. The van der Waals surface area contributed by atoms with Gasteiger partial charge in [-0.2, -0.15) is 0 Å². The van der Waals surface area contributed by atoms with Gasteiger partial charge >= 0.3 is 0 Å². The molecule has 3 heteroatoms. The van der Waals surface area contributed by atoms with Crippen LogP contribution in [0.5, 0.6) is 0 Å². The van der Waals surface area contributed by atoms with Crippen molar-refractivity contribution in [3.63, 3.8) is 0 Å². The minimum atomic E-state index is -0.343. The van der Waals surface area contributed by atoms with Crippen LogP contribution in [0.4, 0.5) is 0 Å². The van der Waals surface area contributed by atoms with Gasteiger partial charge in [0.15, 0.2) is 17.4 Å². The Hall–Kier alpha value is 0.852. The van der Waals surface area contributed by atoms with Gasteiger partial charge in [0.2, 0.25) is 0 Å². The lowest BCUT2D eigenvalue weighted by atomic mass is 10.3. The molecule has 0 unspecified atom stereocenters. The molecule has 0 spiro atoms. The van der Waals surface area contributed by atoms with Crippen LogP contribution in [-0.4, -0.2) is 22.2 Å². The van der Waals surface area contributed by atoms with Crippen LogP contribution in [0.15, 0.2) is 11.6 Å². The van der Waals surface area contributed by atoms with Crippen LogP contribution in [0.1, 0.15) is 13.8 Å². The van der Waals surface area contributed by atoms with Crippen molar-refractivity contribution < 1.29 is 0 Å². The third-order valence-electron chi connectivity index (χ3n) is 0.459. The Bertz CT molecular complexity index is 74.5. The van der Waals surface area contributed by atoms with Gasteiger partial charge in [-0.3, -0.25) is 0 Å². The van der Waals surface area contributed by atoms with E-state index in [0.29, 0.717) is 0 Å². The summed E-state index contributed by atoms with van der Waals surface area (Å²) in [4.78, 5) is -0.343. The molecule has 0 amide bonds. The molecule has 0 saturated heterocycles. The second-order valence-electron chi connectivity index (χ2n) is 1.58. The summed E-state index contributed by atoms with van der Waals surface area (Å²) < 4.78 is 0. The van der Waals surface area contributed by atoms with Crippen LogP contribution in [0.3, 0.4) is 0 Å². The lowest BCUT2D eigenvalue weighted by Crippen LogP contribution is -1.76. The van der Waals surface area contributed by atoms with Crippen molar-refractivity contribution in [1.29, 1.82) is 0 Å². The molecule has 0 N–H and O–H groups in total. The summed E-state index contributed by atoms with van der Waals surface area (Å²) in [5.74, 6) is 0. The van der Waals surface area contributed by atoms with Crippen molar-refractivity contribution in [2.24, 2.45) is 0 Å². The molecule has 0 heterocycles. The molecule has 8 heavy (non-hydrogen) atoms. The van der Waals surface area contributed by atoms with Crippen molar-refractivity contribution in [3.8, 4) is 0 Å². The van der Waals surface area contributed by atoms with E-state index in [0.717, 1.165) is 5.57 Å². The SMILES string of the molecule is CC(C)=CC(Cl)Cl.[AlH3]. The summed E-state index contributed by atoms with van der Waals surface area (Å²) in [7, 11) is 0. The van der Waals surface area contributed by atoms with Gasteiger partial charge in [0.25, 0.3) is 0 Å². The zero-order chi connectivity index (χ0) is 5.86. The average Bonchev–Trinajstić information content (AvgIpc) is 1.27. The van der Waals surface area contributed by atoms with Gasteiger partial charge in [-0.15, -0.1) is 23.2 Å². The first-order chi connectivity index (χ1) is 3.13. The molecule has 0 rings (SSSR count). The molecule has 0 aliphatic carbocycles. The van der Waals surface area contributed by atoms with Crippen molar-refractivity contribution in [2.45, 2.75) is 18.7 Å². The van der Waals surface area contributed by atoms with Gasteiger partial charge < -0.3 is 0 Å². The van der Waals surface area contributed by atoms with Crippen LogP contribution in [0, 0.1) is 0 Å². The van der Waals surface area contributed by atoms with E-state index in [2.05, 4.69) is 0 Å². The summed E-state index contributed by atoms with van der Waals surface area (Å²) >= 11 is 10.7. The molecule has 0 aromatic carbocycles. The molecule has 0 aliphatic rings. The van der Waals surface area contributed by atoms with Gasteiger partial charge in [0, 0.05) is 0 Å². The summed E-state index contributed by atoms with van der Waals surface area (Å²) in [5.41, 5.74) is 1.15. The Labute approximate surface area is 71.0 Å². The van der Waals surface area contributed by atoms with Gasteiger partial charge in [-0.05, 0) is 13.8 Å². The summed E-state index contributed by atoms with van der Waals surface area (Å²) in [6.07, 6.45) is 1.78. The molecule has 0 aromatic heterocycles. The number of halogens is 2. The Kier molecular flexibility index (Phi) is 8.69. The van der Waals surface area contributed by atoms with Crippen LogP contribution < -0.4 is 0 Å². The largest absolute Gasteiger partial charge is 0.187 e. The average molecular weight is 169 g/mol. The number of rotatable bonds is 1. The fourth-order valence-corrected chi connectivity index (χ4v) is 0.756. The van der Waals surface area contributed by atoms with E-state index in [-0.39, 0.29) is 22.2 Å². The minimum absolute atomic E-state index is 0. The maximum atomic E-state index is 5.36. The highest BCUT2D eigenvalue weighted by molar-refractivity contribution is 6.45. The fraction of sp³-hybridized carbons (Fsp3) is 0.600. The first kappa shape index (κ1) is 11.6. The highest BCUT2D eigenvalue weighted by Crippen LogP contribution is 2.05. The Morgan fingerprint density at radius 3 is 1.75 bits per heavy atom. The molecule has 0 aliphatic heterocycles. The molecular formula is C5H11AlCl2. The Morgan fingerprint density at radius 2 is 1.75 bits per heavy atom. The van der Waals surface area contributed by atoms with Gasteiger partial charge in [-0.1, -0.05) is 11.6 Å². The number of alkyl halides is 2. The standard InChI is InChI=1S/C5H8Cl2.Al.3H/c1-4(2)3-5(6)7;;;;/h3,5H,1-2H3;;;;. The monoisotopic (exact) mass is 168 g/mol. The van der Waals surface area contributed by atoms with E-state index in [9.17, 15) is 0 Å². The molecule has 0 atom stereocenters. The smallest absolute Gasteiger partial charge is 0.101 e. The summed E-state index contributed by atoms with van der Waals surface area (Å²) in [5, 5.41) is 0. The zero-order valence-electron chi connectivity index (χ0n) is 4.41. The highest BCUT2D eigenvalue weighted by Gasteiger charge is 1.87. The second kappa shape index (κ2) is 5.98. The molecule has 0 bridgehead atoms. The lowest BCUT2D eigenvalue weighted by molar-refractivity contribution is 1.34. The van der Waals surface area contributed by atoms with Gasteiger partial charge in [0.1, 0.15) is 4.84 Å². The van der Waals surface area contributed by atoms with Gasteiger partial charge in [0.05, 0.1) is 0 Å². The molecule has 0 radical (unpaired) electrons. The Morgan fingerprint density at radius 1 is 1.38 bits per heavy atom. The topological polar surface area (TPSA) is 0 Å². The quantitative estimate of drug-likeness (QED) is 0.317. The molecular weight excluding hydrogens is 158 g/mol. The maximum Gasteiger partial charge on any atom is 0.187 e. The molecule has 0 aromatic rings. The fourth-order valence-electron chi connectivity index (χ4n) is 0.252. The first-order valence-electron chi connectivity index (χ1n) is 2.06. The molecule has 48 valence electrons. The predicted molar refractivity (Wildman–Crippen MR) is 44.9 cm³/mol. The third-order valence-corrected chi connectivity index (χ3v) is 0.711. The van der Waals surface area contributed by atoms with E-state index in [1.807, 2.05) is 13.8 Å².